The van der Waals surface area contributed by atoms with Gasteiger partial charge in [-0.15, -0.1) is 0 Å². The molecule has 0 aliphatic rings. The van der Waals surface area contributed by atoms with Crippen LogP contribution in [0.5, 0.6) is 0 Å². The van der Waals surface area contributed by atoms with E-state index in [4.69, 9.17) is 13.7 Å². The van der Waals surface area contributed by atoms with Gasteiger partial charge in [-0.25, -0.2) is 0 Å². The van der Waals surface area contributed by atoms with Crippen molar-refractivity contribution < 1.29 is 20.6 Å². The third kappa shape index (κ3) is 3.75. The number of rotatable bonds is 4. The number of hydrogen-bond acceptors (Lipinski definition) is 0. The van der Waals surface area contributed by atoms with Gasteiger partial charge in [0, 0.05) is 32.9 Å². The highest BCUT2D eigenvalue weighted by molar-refractivity contribution is 6.28. The van der Waals surface area contributed by atoms with E-state index in [1.165, 1.54) is 4.57 Å². The number of aromatic nitrogens is 2. The lowest BCUT2D eigenvalue weighted by Gasteiger charge is -2.11. The van der Waals surface area contributed by atoms with Crippen molar-refractivity contribution in [3.05, 3.63) is 169 Å². The van der Waals surface area contributed by atoms with Crippen molar-refractivity contribution in [3.8, 4) is 33.6 Å². The fourth-order valence-corrected chi connectivity index (χ4v) is 5.98. The standard InChI is InChI=1S/C42H28N2/c1-3-12-29(13-4-1)30-22-24-31(25-23-30)32-14-11-17-34(28-32)44-38-21-10-8-19-36(38)42-40(44)27-26-39-41(42)35-18-7-9-20-37(35)43(39)33-15-5-2-6-16-33/h1-28H/i2D,5D,6D,7D,8D,9D,10D,15D,16D,18D,19D,20D,21D,26D,27D. The molecule has 0 radical (unpaired) electrons. The molecule has 0 saturated heterocycles. The van der Waals surface area contributed by atoms with Crippen molar-refractivity contribution in [2.45, 2.75) is 0 Å². The number of fused-ring (bicyclic) bond motifs is 7. The molecule has 0 atom stereocenters. The summed E-state index contributed by atoms with van der Waals surface area (Å²) in [7, 11) is 0. The molecule has 0 aliphatic carbocycles. The van der Waals surface area contributed by atoms with Crippen LogP contribution in [0.3, 0.4) is 0 Å². The Morgan fingerprint density at radius 3 is 1.50 bits per heavy atom. The predicted octanol–water partition coefficient (Wildman–Crippen LogP) is 11.2. The second-order valence-electron chi connectivity index (χ2n) is 10.3. The van der Waals surface area contributed by atoms with Crippen molar-refractivity contribution in [1.82, 2.24) is 9.13 Å². The molecule has 0 amide bonds. The van der Waals surface area contributed by atoms with Crippen LogP contribution in [0.25, 0.3) is 77.2 Å². The lowest BCUT2D eigenvalue weighted by molar-refractivity contribution is 1.17. The molecule has 7 aromatic carbocycles. The number of nitrogens with zero attached hydrogens (tertiary/aromatic N) is 2. The largest absolute Gasteiger partial charge is 0.309 e. The molecular weight excluding hydrogens is 532 g/mol. The average Bonchev–Trinajstić information content (AvgIpc) is 3.79. The monoisotopic (exact) mass is 575 g/mol. The zero-order valence-electron chi connectivity index (χ0n) is 37.9. The lowest BCUT2D eigenvalue weighted by Crippen LogP contribution is -1.95. The molecule has 2 heteroatoms. The highest BCUT2D eigenvalue weighted by Gasteiger charge is 2.20. The van der Waals surface area contributed by atoms with Gasteiger partial charge in [0.05, 0.1) is 42.6 Å². The minimum absolute atomic E-state index is 0.0400. The summed E-state index contributed by atoms with van der Waals surface area (Å²) >= 11 is 0. The van der Waals surface area contributed by atoms with Gasteiger partial charge < -0.3 is 9.13 Å². The van der Waals surface area contributed by atoms with Crippen LogP contribution in [0.15, 0.2) is 169 Å². The van der Waals surface area contributed by atoms with Crippen molar-refractivity contribution in [1.29, 1.82) is 0 Å². The molecule has 0 fully saturated rings. The first kappa shape index (κ1) is 14.1. The van der Waals surface area contributed by atoms with Gasteiger partial charge >= 0.3 is 0 Å². The molecule has 0 aliphatic heterocycles. The van der Waals surface area contributed by atoms with Gasteiger partial charge in [-0.2, -0.15) is 0 Å². The molecule has 9 rings (SSSR count). The molecule has 9 aromatic rings. The molecule has 2 aromatic heterocycles. The Labute approximate surface area is 276 Å². The number of hydrogen-bond donors (Lipinski definition) is 0. The van der Waals surface area contributed by atoms with Crippen molar-refractivity contribution in [2.24, 2.45) is 0 Å². The first-order chi connectivity index (χ1) is 28.1. The van der Waals surface area contributed by atoms with E-state index >= 15 is 0 Å². The van der Waals surface area contributed by atoms with Crippen molar-refractivity contribution in [2.75, 3.05) is 0 Å². The van der Waals surface area contributed by atoms with Crippen LogP contribution in [0.2, 0.25) is 0 Å². The van der Waals surface area contributed by atoms with Gasteiger partial charge in [-0.05, 0) is 70.6 Å². The van der Waals surface area contributed by atoms with E-state index < -0.39 is 96.3 Å². The Kier molecular flexibility index (Phi) is 3.15. The van der Waals surface area contributed by atoms with Gasteiger partial charge in [0.2, 0.25) is 0 Å². The van der Waals surface area contributed by atoms with Crippen LogP contribution >= 0.6 is 0 Å². The summed E-state index contributed by atoms with van der Waals surface area (Å²) in [6.45, 7) is 0. The van der Waals surface area contributed by atoms with Crippen LogP contribution in [0, 0.1) is 0 Å². The van der Waals surface area contributed by atoms with Gasteiger partial charge in [0.25, 0.3) is 0 Å². The number of benzene rings is 7. The minimum Gasteiger partial charge on any atom is -0.309 e. The van der Waals surface area contributed by atoms with E-state index in [9.17, 15) is 6.85 Å². The summed E-state index contributed by atoms with van der Waals surface area (Å²) in [6.07, 6.45) is 0. The van der Waals surface area contributed by atoms with Gasteiger partial charge in [-0.1, -0.05) is 121 Å². The lowest BCUT2D eigenvalue weighted by atomic mass is 10.00. The van der Waals surface area contributed by atoms with Gasteiger partial charge in [0.15, 0.2) is 0 Å². The van der Waals surface area contributed by atoms with Crippen molar-refractivity contribution in [3.63, 3.8) is 0 Å². The summed E-state index contributed by atoms with van der Waals surface area (Å²) in [5, 5.41) is -0.484. The maximum atomic E-state index is 9.61. The molecule has 0 N–H and O–H groups in total. The fourth-order valence-electron chi connectivity index (χ4n) is 5.98. The van der Waals surface area contributed by atoms with Crippen LogP contribution in [0.1, 0.15) is 20.6 Å². The molecule has 0 saturated carbocycles. The summed E-state index contributed by atoms with van der Waals surface area (Å²) < 4.78 is 136. The fraction of sp³-hybridized carbons (Fsp3) is 0. The minimum atomic E-state index is -0.740. The summed E-state index contributed by atoms with van der Waals surface area (Å²) in [5.41, 5.74) is 2.65. The van der Waals surface area contributed by atoms with Crippen LogP contribution < -0.4 is 0 Å². The molecular formula is C42H28N2. The SMILES string of the molecule is [2H]c1c([2H])c([2H])c(-n2c3c([2H])c([2H])c([2H])c([2H])c3c3c4c5c([2H])c([2H])c([2H])c([2H])c5n(-c5cccc(-c6ccc(-c7ccccc7)cc6)c5)c4c([2H])c([2H])c32)c([2H])c1[2H]. The molecule has 2 heterocycles. The van der Waals surface area contributed by atoms with E-state index in [0.29, 0.717) is 5.69 Å². The molecule has 44 heavy (non-hydrogen) atoms. The zero-order valence-corrected chi connectivity index (χ0v) is 22.9. The third-order valence-corrected chi connectivity index (χ3v) is 7.89. The van der Waals surface area contributed by atoms with E-state index in [2.05, 4.69) is 0 Å². The molecule has 0 unspecified atom stereocenters. The summed E-state index contributed by atoms with van der Waals surface area (Å²) in [4.78, 5) is 0. The summed E-state index contributed by atoms with van der Waals surface area (Å²) in [5.74, 6) is 0. The highest BCUT2D eigenvalue weighted by Crippen LogP contribution is 2.42. The maximum Gasteiger partial charge on any atom is 0.0646 e. The maximum absolute atomic E-state index is 9.61. The van der Waals surface area contributed by atoms with E-state index in [-0.39, 0.29) is 43.6 Å². The van der Waals surface area contributed by atoms with Crippen LogP contribution in [-0.4, -0.2) is 9.13 Å². The normalized spacial score (nSPS) is 16.4. The van der Waals surface area contributed by atoms with Gasteiger partial charge in [-0.3, -0.25) is 0 Å². The average molecular weight is 576 g/mol. The van der Waals surface area contributed by atoms with Crippen LogP contribution in [0.4, 0.5) is 0 Å². The van der Waals surface area contributed by atoms with E-state index in [0.717, 1.165) is 26.8 Å². The van der Waals surface area contributed by atoms with Crippen LogP contribution in [-0.2, 0) is 0 Å². The first-order valence-corrected chi connectivity index (χ1v) is 13.9. The Hall–Kier alpha value is -5.86. The second-order valence-corrected chi connectivity index (χ2v) is 10.3. The van der Waals surface area contributed by atoms with Gasteiger partial charge in [0.1, 0.15) is 0 Å². The molecule has 206 valence electrons. The molecule has 0 spiro atoms. The Morgan fingerprint density at radius 2 is 0.864 bits per heavy atom. The third-order valence-electron chi connectivity index (χ3n) is 7.89. The quantitative estimate of drug-likeness (QED) is 0.197. The summed E-state index contributed by atoms with van der Waals surface area (Å²) in [6, 6.07) is 15.2. The van der Waals surface area contributed by atoms with E-state index in [1.54, 1.807) is 18.2 Å². The zero-order chi connectivity index (χ0) is 42.1. The molecule has 2 nitrogen and oxygen atoms in total. The predicted molar refractivity (Wildman–Crippen MR) is 186 cm³/mol. The number of para-hydroxylation sites is 3. The van der Waals surface area contributed by atoms with Crippen molar-refractivity contribution >= 4 is 43.6 Å². The topological polar surface area (TPSA) is 9.86 Å². The Morgan fingerprint density at radius 1 is 0.364 bits per heavy atom. The highest BCUT2D eigenvalue weighted by atomic mass is 15.0. The smallest absolute Gasteiger partial charge is 0.0646 e. The Bertz CT molecular complexity index is 3290. The van der Waals surface area contributed by atoms with E-state index in [1.807, 2.05) is 60.7 Å². The molecule has 0 bridgehead atoms. The first-order valence-electron chi connectivity index (χ1n) is 21.4. The Balaban J connectivity index is 1.49. The second kappa shape index (κ2) is 9.86.